The van der Waals surface area contributed by atoms with Gasteiger partial charge in [0.25, 0.3) is 0 Å². The number of halogens is 3. The second-order valence-corrected chi connectivity index (χ2v) is 8.14. The SMILES string of the molecule is CC(=O)Nc1ccc(NC(=O)C2CC(=O)N(c3ccc4c(c3)CCC4)C2)c(C(F)(F)F)c1. The highest BCUT2D eigenvalue weighted by Crippen LogP contribution is 2.37. The molecule has 4 rings (SSSR count). The average molecular weight is 445 g/mol. The van der Waals surface area contributed by atoms with Gasteiger partial charge in [-0.25, -0.2) is 0 Å². The quantitative estimate of drug-likeness (QED) is 0.743. The maximum Gasteiger partial charge on any atom is 0.418 e. The van der Waals surface area contributed by atoms with Gasteiger partial charge >= 0.3 is 6.18 Å². The smallest absolute Gasteiger partial charge is 0.326 e. The number of carbonyl (C=O) groups excluding carboxylic acids is 3. The van der Waals surface area contributed by atoms with E-state index in [2.05, 4.69) is 10.6 Å². The van der Waals surface area contributed by atoms with Crippen molar-refractivity contribution in [3.05, 3.63) is 53.1 Å². The Kier molecular flexibility index (Phi) is 5.66. The predicted octanol–water partition coefficient (Wildman–Crippen LogP) is 4.14. The molecule has 0 aromatic heterocycles. The Balaban J connectivity index is 1.51. The van der Waals surface area contributed by atoms with Gasteiger partial charge in [0.1, 0.15) is 0 Å². The van der Waals surface area contributed by atoms with E-state index in [0.717, 1.165) is 31.4 Å². The Morgan fingerprint density at radius 1 is 1.03 bits per heavy atom. The van der Waals surface area contributed by atoms with Crippen LogP contribution in [0.5, 0.6) is 0 Å². The minimum absolute atomic E-state index is 0.0262. The van der Waals surface area contributed by atoms with E-state index < -0.39 is 35.2 Å². The van der Waals surface area contributed by atoms with Gasteiger partial charge in [-0.3, -0.25) is 14.4 Å². The number of anilines is 3. The van der Waals surface area contributed by atoms with Crippen LogP contribution in [0, 0.1) is 5.92 Å². The Labute approximate surface area is 182 Å². The molecule has 0 bridgehead atoms. The van der Waals surface area contributed by atoms with Crippen molar-refractivity contribution < 1.29 is 27.6 Å². The predicted molar refractivity (Wildman–Crippen MR) is 113 cm³/mol. The number of carbonyl (C=O) groups is 3. The zero-order chi connectivity index (χ0) is 23.0. The minimum Gasteiger partial charge on any atom is -0.326 e. The molecule has 1 heterocycles. The van der Waals surface area contributed by atoms with Gasteiger partial charge in [0, 0.05) is 31.3 Å². The maximum absolute atomic E-state index is 13.5. The first kappa shape index (κ1) is 21.9. The summed E-state index contributed by atoms with van der Waals surface area (Å²) in [7, 11) is 0. The fourth-order valence-electron chi connectivity index (χ4n) is 4.26. The van der Waals surface area contributed by atoms with Crippen LogP contribution in [0.3, 0.4) is 0 Å². The van der Waals surface area contributed by atoms with Gasteiger partial charge in [-0.2, -0.15) is 13.2 Å². The molecule has 168 valence electrons. The molecule has 0 spiro atoms. The minimum atomic E-state index is -4.74. The lowest BCUT2D eigenvalue weighted by Gasteiger charge is -2.19. The van der Waals surface area contributed by atoms with Gasteiger partial charge < -0.3 is 15.5 Å². The van der Waals surface area contributed by atoms with E-state index in [0.29, 0.717) is 5.69 Å². The van der Waals surface area contributed by atoms with Crippen molar-refractivity contribution in [2.24, 2.45) is 5.92 Å². The van der Waals surface area contributed by atoms with E-state index in [1.54, 1.807) is 0 Å². The summed E-state index contributed by atoms with van der Waals surface area (Å²) in [4.78, 5) is 38.0. The summed E-state index contributed by atoms with van der Waals surface area (Å²) in [5, 5.41) is 4.62. The first-order chi connectivity index (χ1) is 15.1. The van der Waals surface area contributed by atoms with E-state index in [4.69, 9.17) is 0 Å². The third kappa shape index (κ3) is 4.46. The molecule has 1 fully saturated rings. The number of benzene rings is 2. The van der Waals surface area contributed by atoms with Gasteiger partial charge in [0.05, 0.1) is 17.2 Å². The van der Waals surface area contributed by atoms with Gasteiger partial charge in [0.2, 0.25) is 17.7 Å². The van der Waals surface area contributed by atoms with Crippen molar-refractivity contribution in [3.63, 3.8) is 0 Å². The molecule has 2 aromatic carbocycles. The Morgan fingerprint density at radius 3 is 2.50 bits per heavy atom. The number of hydrogen-bond acceptors (Lipinski definition) is 3. The number of hydrogen-bond donors (Lipinski definition) is 2. The summed E-state index contributed by atoms with van der Waals surface area (Å²) in [6, 6.07) is 8.95. The van der Waals surface area contributed by atoms with E-state index in [1.807, 2.05) is 18.2 Å². The number of fused-ring (bicyclic) bond motifs is 1. The number of nitrogens with zero attached hydrogens (tertiary/aromatic N) is 1. The Morgan fingerprint density at radius 2 is 1.78 bits per heavy atom. The molecule has 0 radical (unpaired) electrons. The van der Waals surface area contributed by atoms with Crippen LogP contribution in [-0.2, 0) is 33.4 Å². The largest absolute Gasteiger partial charge is 0.418 e. The van der Waals surface area contributed by atoms with E-state index in [9.17, 15) is 27.6 Å². The molecule has 2 N–H and O–H groups in total. The molecule has 2 aromatic rings. The van der Waals surface area contributed by atoms with Crippen molar-refractivity contribution in [3.8, 4) is 0 Å². The molecule has 32 heavy (non-hydrogen) atoms. The molecule has 2 aliphatic rings. The van der Waals surface area contributed by atoms with Crippen LogP contribution in [0.2, 0.25) is 0 Å². The fourth-order valence-corrected chi connectivity index (χ4v) is 4.26. The number of aryl methyl sites for hydroxylation is 2. The van der Waals surface area contributed by atoms with Crippen molar-refractivity contribution in [1.29, 1.82) is 0 Å². The van der Waals surface area contributed by atoms with Crippen LogP contribution in [0.15, 0.2) is 36.4 Å². The van der Waals surface area contributed by atoms with E-state index in [-0.39, 0.29) is 24.6 Å². The summed E-state index contributed by atoms with van der Waals surface area (Å²) in [6.45, 7) is 1.29. The zero-order valence-electron chi connectivity index (χ0n) is 17.4. The van der Waals surface area contributed by atoms with Crippen molar-refractivity contribution in [2.45, 2.75) is 38.8 Å². The molecule has 1 unspecified atom stereocenters. The summed E-state index contributed by atoms with van der Waals surface area (Å²) in [5.74, 6) is -2.17. The van der Waals surface area contributed by atoms with Crippen molar-refractivity contribution >= 4 is 34.8 Å². The van der Waals surface area contributed by atoms with Gasteiger partial charge in [-0.15, -0.1) is 0 Å². The normalized spacial score (nSPS) is 17.9. The second-order valence-electron chi connectivity index (χ2n) is 8.14. The summed E-state index contributed by atoms with van der Waals surface area (Å²) < 4.78 is 40.6. The molecule has 9 heteroatoms. The third-order valence-electron chi connectivity index (χ3n) is 5.79. The Bertz CT molecular complexity index is 1100. The molecule has 0 saturated carbocycles. The Hall–Kier alpha value is -3.36. The van der Waals surface area contributed by atoms with Gasteiger partial charge in [0.15, 0.2) is 0 Å². The topological polar surface area (TPSA) is 78.5 Å². The molecule has 3 amide bonds. The summed E-state index contributed by atoms with van der Waals surface area (Å²) in [6.07, 6.45) is -1.78. The fraction of sp³-hybridized carbons (Fsp3) is 0.348. The second kappa shape index (κ2) is 8.29. The molecular weight excluding hydrogens is 423 g/mol. The lowest BCUT2D eigenvalue weighted by molar-refractivity contribution is -0.137. The number of nitrogens with one attached hydrogen (secondary N) is 2. The molecule has 1 saturated heterocycles. The van der Waals surface area contributed by atoms with Gasteiger partial charge in [-0.05, 0) is 60.7 Å². The molecule has 1 aliphatic carbocycles. The molecule has 1 atom stereocenters. The summed E-state index contributed by atoms with van der Waals surface area (Å²) >= 11 is 0. The highest BCUT2D eigenvalue weighted by molar-refractivity contribution is 6.04. The molecule has 1 aliphatic heterocycles. The van der Waals surface area contributed by atoms with Crippen molar-refractivity contribution in [2.75, 3.05) is 22.1 Å². The van der Waals surface area contributed by atoms with Crippen LogP contribution in [0.1, 0.15) is 36.5 Å². The summed E-state index contributed by atoms with van der Waals surface area (Å²) in [5.41, 5.74) is 1.65. The molecule has 6 nitrogen and oxygen atoms in total. The number of alkyl halides is 3. The average Bonchev–Trinajstić information content (AvgIpc) is 3.33. The first-order valence-electron chi connectivity index (χ1n) is 10.3. The maximum atomic E-state index is 13.5. The highest BCUT2D eigenvalue weighted by Gasteiger charge is 2.38. The first-order valence-corrected chi connectivity index (χ1v) is 10.3. The third-order valence-corrected chi connectivity index (χ3v) is 5.79. The zero-order valence-corrected chi connectivity index (χ0v) is 17.4. The number of amides is 3. The van der Waals surface area contributed by atoms with Crippen LogP contribution >= 0.6 is 0 Å². The molecular formula is C23H22F3N3O3. The van der Waals surface area contributed by atoms with E-state index >= 15 is 0 Å². The van der Waals surface area contributed by atoms with Crippen molar-refractivity contribution in [1.82, 2.24) is 0 Å². The standard InChI is InChI=1S/C23H22F3N3O3/c1-13(30)27-17-6-8-20(19(11-17)23(24,25)26)28-22(32)16-10-21(31)29(12-16)18-7-5-14-3-2-4-15(14)9-18/h5-9,11,16H,2-4,10,12H2,1H3,(H,27,30)(H,28,32). The number of rotatable bonds is 4. The van der Waals surface area contributed by atoms with Gasteiger partial charge in [-0.1, -0.05) is 6.07 Å². The van der Waals surface area contributed by atoms with Crippen LogP contribution in [0.4, 0.5) is 30.2 Å². The van der Waals surface area contributed by atoms with Crippen LogP contribution in [0.25, 0.3) is 0 Å². The highest BCUT2D eigenvalue weighted by atomic mass is 19.4. The monoisotopic (exact) mass is 445 g/mol. The van der Waals surface area contributed by atoms with Crippen LogP contribution in [-0.4, -0.2) is 24.3 Å². The lowest BCUT2D eigenvalue weighted by atomic mass is 10.1. The van der Waals surface area contributed by atoms with E-state index in [1.165, 1.54) is 29.0 Å². The van der Waals surface area contributed by atoms with Crippen LogP contribution < -0.4 is 15.5 Å². The lowest BCUT2D eigenvalue weighted by Crippen LogP contribution is -2.28.